The SMILES string of the molecule is O=c1cc(-c2ccnc(N[C@@H]3CCOC[C@H]3F)n2)ccn1[C@H](CCO)c1cc(Cl)cc(Cl)c1. The zero-order valence-corrected chi connectivity index (χ0v) is 19.1. The van der Waals surface area contributed by atoms with Gasteiger partial charge in [-0.15, -0.1) is 0 Å². The first-order chi connectivity index (χ1) is 15.9. The van der Waals surface area contributed by atoms with E-state index in [0.717, 1.165) is 5.56 Å². The monoisotopic (exact) mass is 492 g/mol. The highest BCUT2D eigenvalue weighted by Gasteiger charge is 2.26. The minimum absolute atomic E-state index is 0.0441. The number of benzene rings is 1. The number of aromatic nitrogens is 3. The highest BCUT2D eigenvalue weighted by Crippen LogP contribution is 2.28. The lowest BCUT2D eigenvalue weighted by atomic mass is 10.0. The molecule has 0 unspecified atom stereocenters. The molecule has 10 heteroatoms. The zero-order chi connectivity index (χ0) is 23.4. The van der Waals surface area contributed by atoms with Crippen molar-refractivity contribution in [3.8, 4) is 11.3 Å². The van der Waals surface area contributed by atoms with Crippen LogP contribution in [0.15, 0.2) is 53.6 Å². The van der Waals surface area contributed by atoms with Crippen molar-refractivity contribution in [2.75, 3.05) is 25.1 Å². The molecule has 0 spiro atoms. The van der Waals surface area contributed by atoms with Crippen LogP contribution >= 0.6 is 23.2 Å². The maximum Gasteiger partial charge on any atom is 0.251 e. The Kier molecular flexibility index (Phi) is 7.60. The van der Waals surface area contributed by atoms with Crippen molar-refractivity contribution in [2.24, 2.45) is 0 Å². The lowest BCUT2D eigenvalue weighted by Crippen LogP contribution is -2.39. The molecule has 2 aromatic heterocycles. The summed E-state index contributed by atoms with van der Waals surface area (Å²) in [6.45, 7) is 0.400. The third-order valence-corrected chi connectivity index (χ3v) is 5.95. The number of halogens is 3. The third-order valence-electron chi connectivity index (χ3n) is 5.51. The van der Waals surface area contributed by atoms with Crippen molar-refractivity contribution in [2.45, 2.75) is 31.1 Å². The molecule has 0 radical (unpaired) electrons. The molecule has 0 amide bonds. The van der Waals surface area contributed by atoms with Crippen LogP contribution in [-0.2, 0) is 4.74 Å². The number of anilines is 1. The Balaban J connectivity index is 1.61. The standard InChI is InChI=1S/C23H23Cl2FN4O3/c24-16-9-15(10-17(25)12-16)21(3-7-31)30-6-2-14(11-22(30)32)19-1-5-27-23(28-19)29-20-4-8-33-13-18(20)26/h1-2,5-6,9-12,18,20-21,31H,3-4,7-8,13H2,(H,27,28,29)/t18-,20-,21-/m1/s1. The predicted molar refractivity (Wildman–Crippen MR) is 126 cm³/mol. The summed E-state index contributed by atoms with van der Waals surface area (Å²) in [4.78, 5) is 21.6. The number of rotatable bonds is 7. The van der Waals surface area contributed by atoms with Gasteiger partial charge in [0.05, 0.1) is 24.4 Å². The van der Waals surface area contributed by atoms with Crippen LogP contribution in [0.5, 0.6) is 0 Å². The van der Waals surface area contributed by atoms with Crippen LogP contribution in [0.25, 0.3) is 11.3 Å². The minimum atomic E-state index is -1.14. The second-order valence-electron chi connectivity index (χ2n) is 7.79. The van der Waals surface area contributed by atoms with Crippen molar-refractivity contribution >= 4 is 29.2 Å². The minimum Gasteiger partial charge on any atom is -0.396 e. The fourth-order valence-corrected chi connectivity index (χ4v) is 4.43. The fraction of sp³-hybridized carbons (Fsp3) is 0.348. The molecule has 3 aromatic rings. The maximum absolute atomic E-state index is 14.1. The molecule has 1 fully saturated rings. The number of aliphatic hydroxyl groups excluding tert-OH is 1. The molecule has 7 nitrogen and oxygen atoms in total. The number of hydrogen-bond donors (Lipinski definition) is 2. The van der Waals surface area contributed by atoms with Crippen LogP contribution in [0.3, 0.4) is 0 Å². The predicted octanol–water partition coefficient (Wildman–Crippen LogP) is 4.12. The third kappa shape index (κ3) is 5.70. The van der Waals surface area contributed by atoms with E-state index >= 15 is 0 Å². The first-order valence-electron chi connectivity index (χ1n) is 10.6. The number of ether oxygens (including phenoxy) is 1. The second-order valence-corrected chi connectivity index (χ2v) is 8.66. The van der Waals surface area contributed by atoms with Crippen LogP contribution < -0.4 is 10.9 Å². The van der Waals surface area contributed by atoms with Gasteiger partial charge in [0.25, 0.3) is 5.56 Å². The Labute approximate surface area is 200 Å². The molecule has 174 valence electrons. The number of nitrogens with one attached hydrogen (secondary N) is 1. The van der Waals surface area contributed by atoms with E-state index in [1.165, 1.54) is 10.6 Å². The summed E-state index contributed by atoms with van der Waals surface area (Å²) in [7, 11) is 0. The summed E-state index contributed by atoms with van der Waals surface area (Å²) >= 11 is 12.3. The summed E-state index contributed by atoms with van der Waals surface area (Å²) in [5.74, 6) is 0.290. The molecule has 0 bridgehead atoms. The Bertz CT molecular complexity index is 1160. The van der Waals surface area contributed by atoms with Gasteiger partial charge in [-0.3, -0.25) is 4.79 Å². The van der Waals surface area contributed by atoms with Gasteiger partial charge in [0.2, 0.25) is 5.95 Å². The highest BCUT2D eigenvalue weighted by atomic mass is 35.5. The molecule has 1 aromatic carbocycles. The van der Waals surface area contributed by atoms with Crippen molar-refractivity contribution in [3.63, 3.8) is 0 Å². The van der Waals surface area contributed by atoms with Gasteiger partial charge in [0.1, 0.15) is 6.17 Å². The molecule has 3 atom stereocenters. The zero-order valence-electron chi connectivity index (χ0n) is 17.6. The number of pyridine rings is 1. The molecule has 1 aliphatic rings. The first-order valence-corrected chi connectivity index (χ1v) is 11.3. The molecule has 33 heavy (non-hydrogen) atoms. The van der Waals surface area contributed by atoms with Crippen LogP contribution in [0.4, 0.5) is 10.3 Å². The number of aliphatic hydroxyl groups is 1. The van der Waals surface area contributed by atoms with E-state index in [-0.39, 0.29) is 24.7 Å². The average Bonchev–Trinajstić information content (AvgIpc) is 2.79. The largest absolute Gasteiger partial charge is 0.396 e. The van der Waals surface area contributed by atoms with Crippen molar-refractivity contribution < 1.29 is 14.2 Å². The summed E-state index contributed by atoms with van der Waals surface area (Å²) in [5.41, 5.74) is 1.58. The van der Waals surface area contributed by atoms with E-state index < -0.39 is 18.3 Å². The Morgan fingerprint density at radius 3 is 2.73 bits per heavy atom. The molecule has 0 saturated carbocycles. The molecular weight excluding hydrogens is 470 g/mol. The van der Waals surface area contributed by atoms with Gasteiger partial charge in [-0.2, -0.15) is 0 Å². The summed E-state index contributed by atoms with van der Waals surface area (Å²) in [6, 6.07) is 9.11. The molecular formula is C23H23Cl2FN4O3. The van der Waals surface area contributed by atoms with Crippen molar-refractivity contribution in [1.82, 2.24) is 14.5 Å². The number of alkyl halides is 1. The van der Waals surface area contributed by atoms with Crippen molar-refractivity contribution in [1.29, 1.82) is 0 Å². The van der Waals surface area contributed by atoms with Gasteiger partial charge >= 0.3 is 0 Å². The normalized spacial score (nSPS) is 19.3. The van der Waals surface area contributed by atoms with E-state index in [2.05, 4.69) is 15.3 Å². The average molecular weight is 493 g/mol. The van der Waals surface area contributed by atoms with Gasteiger partial charge in [-0.05, 0) is 48.7 Å². The number of hydrogen-bond acceptors (Lipinski definition) is 6. The van der Waals surface area contributed by atoms with Crippen molar-refractivity contribution in [3.05, 3.63) is 74.8 Å². The Morgan fingerprint density at radius 2 is 2.03 bits per heavy atom. The smallest absolute Gasteiger partial charge is 0.251 e. The van der Waals surface area contributed by atoms with E-state index in [9.17, 15) is 14.3 Å². The quantitative estimate of drug-likeness (QED) is 0.515. The van der Waals surface area contributed by atoms with Gasteiger partial charge in [0.15, 0.2) is 0 Å². The summed E-state index contributed by atoms with van der Waals surface area (Å²) in [5, 5.41) is 13.5. The van der Waals surface area contributed by atoms with Crippen LogP contribution in [0.2, 0.25) is 10.0 Å². The van der Waals surface area contributed by atoms with Gasteiger partial charge in [0, 0.05) is 47.3 Å². The number of nitrogens with zero attached hydrogens (tertiary/aromatic N) is 3. The molecule has 4 rings (SSSR count). The molecule has 1 saturated heterocycles. The Morgan fingerprint density at radius 1 is 1.24 bits per heavy atom. The van der Waals surface area contributed by atoms with E-state index in [1.807, 2.05) is 0 Å². The van der Waals surface area contributed by atoms with Gasteiger partial charge in [-0.25, -0.2) is 14.4 Å². The molecule has 0 aliphatic carbocycles. The fourth-order valence-electron chi connectivity index (χ4n) is 3.88. The molecule has 2 N–H and O–H groups in total. The van der Waals surface area contributed by atoms with Gasteiger partial charge in [-0.1, -0.05) is 23.2 Å². The second kappa shape index (κ2) is 10.6. The topological polar surface area (TPSA) is 89.3 Å². The highest BCUT2D eigenvalue weighted by molar-refractivity contribution is 6.34. The molecule has 1 aliphatic heterocycles. The summed E-state index contributed by atoms with van der Waals surface area (Å²) < 4.78 is 20.7. The van der Waals surface area contributed by atoms with Crippen LogP contribution in [-0.4, -0.2) is 51.7 Å². The summed E-state index contributed by atoms with van der Waals surface area (Å²) in [6.07, 6.45) is 2.90. The van der Waals surface area contributed by atoms with E-state index in [4.69, 9.17) is 27.9 Å². The van der Waals surface area contributed by atoms with Crippen LogP contribution in [0.1, 0.15) is 24.4 Å². The van der Waals surface area contributed by atoms with Crippen LogP contribution in [0, 0.1) is 0 Å². The van der Waals surface area contributed by atoms with E-state index in [1.54, 1.807) is 42.7 Å². The first kappa shape index (κ1) is 23.6. The Hall–Kier alpha value is -2.52. The van der Waals surface area contributed by atoms with E-state index in [0.29, 0.717) is 40.8 Å². The molecule has 3 heterocycles. The van der Waals surface area contributed by atoms with Gasteiger partial charge < -0.3 is 19.7 Å². The maximum atomic E-state index is 14.1. The lowest BCUT2D eigenvalue weighted by Gasteiger charge is -2.26. The lowest BCUT2D eigenvalue weighted by molar-refractivity contribution is 0.0284.